The van der Waals surface area contributed by atoms with Crippen LogP contribution >= 0.6 is 0 Å². The molecule has 4 nitrogen and oxygen atoms in total. The summed E-state index contributed by atoms with van der Waals surface area (Å²) in [5, 5.41) is 13.7. The van der Waals surface area contributed by atoms with E-state index in [4.69, 9.17) is 4.74 Å². The lowest BCUT2D eigenvalue weighted by molar-refractivity contribution is 0.282. The third-order valence-electron chi connectivity index (χ3n) is 3.52. The van der Waals surface area contributed by atoms with Crippen LogP contribution in [0.5, 0.6) is 11.5 Å². The first-order valence-corrected chi connectivity index (χ1v) is 7.06. The molecular formula is C15H24N2O2. The molecule has 0 saturated carbocycles. The second-order valence-electron chi connectivity index (χ2n) is 5.19. The largest absolute Gasteiger partial charge is 0.504 e. The van der Waals surface area contributed by atoms with Crippen LogP contribution in [0.1, 0.15) is 25.3 Å². The van der Waals surface area contributed by atoms with Crippen molar-refractivity contribution in [2.45, 2.75) is 32.4 Å². The molecule has 0 aromatic heterocycles. The summed E-state index contributed by atoms with van der Waals surface area (Å²) in [7, 11) is 2.09. The van der Waals surface area contributed by atoms with Crippen LogP contribution < -0.4 is 10.1 Å². The maximum atomic E-state index is 10.2. The molecule has 1 aliphatic heterocycles. The quantitative estimate of drug-likeness (QED) is 0.824. The van der Waals surface area contributed by atoms with Crippen molar-refractivity contribution in [2.75, 3.05) is 26.7 Å². The Morgan fingerprint density at radius 1 is 1.47 bits per heavy atom. The molecule has 0 bridgehead atoms. The number of likely N-dealkylation sites (N-methyl/N-ethyl adjacent to an activating group) is 1. The fourth-order valence-electron chi connectivity index (χ4n) is 2.61. The van der Waals surface area contributed by atoms with Crippen molar-refractivity contribution in [3.05, 3.63) is 23.8 Å². The Hall–Kier alpha value is -1.26. The molecule has 2 N–H and O–H groups in total. The van der Waals surface area contributed by atoms with Gasteiger partial charge in [-0.3, -0.25) is 0 Å². The topological polar surface area (TPSA) is 44.7 Å². The molecule has 106 valence electrons. The van der Waals surface area contributed by atoms with Crippen molar-refractivity contribution in [3.63, 3.8) is 0 Å². The minimum Gasteiger partial charge on any atom is -0.504 e. The van der Waals surface area contributed by atoms with Crippen LogP contribution in [0, 0.1) is 0 Å². The highest BCUT2D eigenvalue weighted by atomic mass is 16.5. The fourth-order valence-corrected chi connectivity index (χ4v) is 2.61. The molecule has 2 rings (SSSR count). The van der Waals surface area contributed by atoms with Crippen molar-refractivity contribution in [1.82, 2.24) is 10.2 Å². The van der Waals surface area contributed by atoms with Crippen molar-refractivity contribution in [1.29, 1.82) is 0 Å². The lowest BCUT2D eigenvalue weighted by atomic mass is 10.1. The predicted octanol–water partition coefficient (Wildman–Crippen LogP) is 1.97. The van der Waals surface area contributed by atoms with Gasteiger partial charge in [-0.1, -0.05) is 12.1 Å². The molecule has 0 aliphatic carbocycles. The number of aromatic hydroxyl groups is 1. The van der Waals surface area contributed by atoms with Gasteiger partial charge in [0.25, 0.3) is 0 Å². The van der Waals surface area contributed by atoms with E-state index in [0.717, 1.165) is 25.2 Å². The molecule has 0 spiro atoms. The highest BCUT2D eigenvalue weighted by Gasteiger charge is 2.17. The maximum absolute atomic E-state index is 10.2. The minimum absolute atomic E-state index is 0.274. The molecule has 1 heterocycles. The van der Waals surface area contributed by atoms with E-state index in [0.29, 0.717) is 18.4 Å². The molecule has 1 saturated heterocycles. The Balaban J connectivity index is 1.95. The maximum Gasteiger partial charge on any atom is 0.162 e. The Labute approximate surface area is 115 Å². The summed E-state index contributed by atoms with van der Waals surface area (Å²) in [6.45, 7) is 5.37. The van der Waals surface area contributed by atoms with Crippen LogP contribution in [0.25, 0.3) is 0 Å². The Morgan fingerprint density at radius 2 is 2.32 bits per heavy atom. The average molecular weight is 264 g/mol. The summed E-state index contributed by atoms with van der Waals surface area (Å²) in [5.41, 5.74) is 0.923. The van der Waals surface area contributed by atoms with Crippen LogP contribution in [0.4, 0.5) is 0 Å². The summed E-state index contributed by atoms with van der Waals surface area (Å²) in [5.74, 6) is 0.850. The molecule has 0 amide bonds. The van der Waals surface area contributed by atoms with E-state index in [-0.39, 0.29) is 5.75 Å². The lowest BCUT2D eigenvalue weighted by Crippen LogP contribution is -2.34. The average Bonchev–Trinajstić information content (AvgIpc) is 2.87. The number of nitrogens with zero attached hydrogens (tertiary/aromatic N) is 1. The third kappa shape index (κ3) is 3.85. The second-order valence-corrected chi connectivity index (χ2v) is 5.19. The van der Waals surface area contributed by atoms with E-state index in [1.54, 1.807) is 6.07 Å². The van der Waals surface area contributed by atoms with Crippen LogP contribution in [0.2, 0.25) is 0 Å². The highest BCUT2D eigenvalue weighted by molar-refractivity contribution is 5.45. The number of benzene rings is 1. The molecule has 0 radical (unpaired) electrons. The van der Waals surface area contributed by atoms with Gasteiger partial charge in [-0.05, 0) is 39.4 Å². The molecule has 1 aliphatic rings. The van der Waals surface area contributed by atoms with Gasteiger partial charge in [-0.15, -0.1) is 0 Å². The first-order chi connectivity index (χ1) is 9.20. The van der Waals surface area contributed by atoms with Crippen LogP contribution in [-0.4, -0.2) is 42.8 Å². The van der Waals surface area contributed by atoms with Crippen LogP contribution in [0.3, 0.4) is 0 Å². The highest BCUT2D eigenvalue weighted by Crippen LogP contribution is 2.30. The van der Waals surface area contributed by atoms with Gasteiger partial charge >= 0.3 is 0 Å². The molecule has 1 unspecified atom stereocenters. The van der Waals surface area contributed by atoms with Crippen molar-refractivity contribution < 1.29 is 9.84 Å². The first kappa shape index (κ1) is 14.2. The SMILES string of the molecule is CCOc1cccc(CN(C)CC2CCCN2)c1O. The summed E-state index contributed by atoms with van der Waals surface area (Å²) < 4.78 is 5.41. The Kier molecular flexibility index (Phi) is 5.05. The molecule has 1 aromatic carbocycles. The van der Waals surface area contributed by atoms with Gasteiger partial charge in [0, 0.05) is 24.7 Å². The van der Waals surface area contributed by atoms with Gasteiger partial charge in [0.1, 0.15) is 0 Å². The zero-order valence-corrected chi connectivity index (χ0v) is 11.9. The third-order valence-corrected chi connectivity index (χ3v) is 3.52. The van der Waals surface area contributed by atoms with Crippen LogP contribution in [0.15, 0.2) is 18.2 Å². The number of nitrogens with one attached hydrogen (secondary N) is 1. The number of hydrogen-bond donors (Lipinski definition) is 2. The Morgan fingerprint density at radius 3 is 3.00 bits per heavy atom. The van der Waals surface area contributed by atoms with E-state index < -0.39 is 0 Å². The van der Waals surface area contributed by atoms with Crippen molar-refractivity contribution in [2.24, 2.45) is 0 Å². The first-order valence-electron chi connectivity index (χ1n) is 7.06. The number of para-hydroxylation sites is 1. The normalized spacial score (nSPS) is 19.0. The summed E-state index contributed by atoms with van der Waals surface area (Å²) in [6, 6.07) is 6.28. The van der Waals surface area contributed by atoms with Gasteiger partial charge in [0.15, 0.2) is 11.5 Å². The molecule has 1 fully saturated rings. The zero-order chi connectivity index (χ0) is 13.7. The second kappa shape index (κ2) is 6.78. The fraction of sp³-hybridized carbons (Fsp3) is 0.600. The predicted molar refractivity (Wildman–Crippen MR) is 76.6 cm³/mol. The zero-order valence-electron chi connectivity index (χ0n) is 11.9. The Bertz CT molecular complexity index is 403. The molecule has 1 aromatic rings. The lowest BCUT2D eigenvalue weighted by Gasteiger charge is -2.22. The molecule has 1 atom stereocenters. The summed E-state index contributed by atoms with van der Waals surface area (Å²) in [4.78, 5) is 2.24. The monoisotopic (exact) mass is 264 g/mol. The number of rotatable bonds is 6. The molecule has 4 heteroatoms. The van der Waals surface area contributed by atoms with Crippen molar-refractivity contribution in [3.8, 4) is 11.5 Å². The van der Waals surface area contributed by atoms with E-state index in [2.05, 4.69) is 17.3 Å². The van der Waals surface area contributed by atoms with E-state index >= 15 is 0 Å². The minimum atomic E-state index is 0.274. The van der Waals surface area contributed by atoms with E-state index in [1.807, 2.05) is 19.1 Å². The van der Waals surface area contributed by atoms with Gasteiger partial charge < -0.3 is 20.1 Å². The van der Waals surface area contributed by atoms with Crippen molar-refractivity contribution >= 4 is 0 Å². The van der Waals surface area contributed by atoms with Gasteiger partial charge in [0.05, 0.1) is 6.61 Å². The van der Waals surface area contributed by atoms with Crippen LogP contribution in [-0.2, 0) is 6.54 Å². The summed E-state index contributed by atoms with van der Waals surface area (Å²) in [6.07, 6.45) is 2.51. The standard InChI is InChI=1S/C15H24N2O2/c1-3-19-14-8-4-6-12(15(14)18)10-17(2)11-13-7-5-9-16-13/h4,6,8,13,16,18H,3,5,7,9-11H2,1-2H3. The number of ether oxygens (including phenoxy) is 1. The smallest absolute Gasteiger partial charge is 0.162 e. The number of phenolic OH excluding ortho intramolecular Hbond substituents is 1. The van der Waals surface area contributed by atoms with Gasteiger partial charge in [-0.25, -0.2) is 0 Å². The van der Waals surface area contributed by atoms with E-state index in [9.17, 15) is 5.11 Å². The summed E-state index contributed by atoms with van der Waals surface area (Å²) >= 11 is 0. The van der Waals surface area contributed by atoms with E-state index in [1.165, 1.54) is 12.8 Å². The van der Waals surface area contributed by atoms with Gasteiger partial charge in [0.2, 0.25) is 0 Å². The molecular weight excluding hydrogens is 240 g/mol. The van der Waals surface area contributed by atoms with Gasteiger partial charge in [-0.2, -0.15) is 0 Å². The number of phenols is 1. The molecule has 19 heavy (non-hydrogen) atoms. The number of hydrogen-bond acceptors (Lipinski definition) is 4.